The number of pyridine rings is 1. The average molecular weight is 684 g/mol. The summed E-state index contributed by atoms with van der Waals surface area (Å²) in [4.78, 5) is 17.6. The summed E-state index contributed by atoms with van der Waals surface area (Å²) in [6.45, 7) is 1.46. The lowest BCUT2D eigenvalue weighted by Gasteiger charge is -2.29. The van der Waals surface area contributed by atoms with Gasteiger partial charge in [0.1, 0.15) is 30.2 Å². The van der Waals surface area contributed by atoms with Gasteiger partial charge in [0.15, 0.2) is 0 Å². The summed E-state index contributed by atoms with van der Waals surface area (Å²) < 4.78 is 12.8. The summed E-state index contributed by atoms with van der Waals surface area (Å²) >= 11 is 6.77. The number of rotatable bonds is 18. The maximum absolute atomic E-state index is 12.0. The van der Waals surface area contributed by atoms with E-state index in [2.05, 4.69) is 17.1 Å². The molecule has 4 atom stereocenters. The van der Waals surface area contributed by atoms with Crippen molar-refractivity contribution in [2.45, 2.75) is 94.6 Å². The molecule has 1 heterocycles. The van der Waals surface area contributed by atoms with E-state index in [-0.39, 0.29) is 19.2 Å². The SMILES string of the molecule is Cc1cc(COC2(c3cnccc3-c3ccccc3OC3CC3)CC2)c(Cl)cc1CCCCN(C[C@H](O)[C@@H](O)[C@H](O)[C@H](O)CO)C(N)=O. The van der Waals surface area contributed by atoms with Gasteiger partial charge in [-0.25, -0.2) is 4.79 Å². The van der Waals surface area contributed by atoms with E-state index < -0.39 is 42.7 Å². The fourth-order valence-electron chi connectivity index (χ4n) is 5.94. The summed E-state index contributed by atoms with van der Waals surface area (Å²) in [5.41, 5.74) is 11.2. The Morgan fingerprint density at radius 1 is 1.04 bits per heavy atom. The van der Waals surface area contributed by atoms with Crippen LogP contribution in [-0.2, 0) is 23.4 Å². The first kappa shape index (κ1) is 36.0. The molecule has 0 unspecified atom stereocenters. The number of aliphatic hydroxyl groups excluding tert-OH is 5. The molecule has 11 nitrogen and oxygen atoms in total. The quantitative estimate of drug-likeness (QED) is 0.109. The number of unbranched alkanes of at least 4 members (excludes halogenated alkanes) is 1. The number of aromatic nitrogens is 1. The number of aliphatic hydroxyl groups is 5. The molecule has 2 saturated carbocycles. The molecule has 5 rings (SSSR count). The minimum atomic E-state index is -1.78. The molecule has 2 fully saturated rings. The van der Waals surface area contributed by atoms with Crippen LogP contribution in [0, 0.1) is 6.92 Å². The monoisotopic (exact) mass is 683 g/mol. The Morgan fingerprint density at radius 2 is 1.77 bits per heavy atom. The molecule has 0 spiro atoms. The normalized spacial score (nSPS) is 17.7. The lowest BCUT2D eigenvalue weighted by molar-refractivity contribution is -0.117. The molecule has 0 bridgehead atoms. The van der Waals surface area contributed by atoms with Crippen molar-refractivity contribution >= 4 is 17.6 Å². The zero-order valence-electron chi connectivity index (χ0n) is 27.2. The van der Waals surface area contributed by atoms with Gasteiger partial charge in [-0.3, -0.25) is 4.98 Å². The van der Waals surface area contributed by atoms with Crippen LogP contribution in [0.1, 0.15) is 60.8 Å². The highest BCUT2D eigenvalue weighted by molar-refractivity contribution is 6.31. The third kappa shape index (κ3) is 8.83. The average Bonchev–Trinajstić information content (AvgIpc) is 4.03. The summed E-state index contributed by atoms with van der Waals surface area (Å²) in [6, 6.07) is 13.4. The van der Waals surface area contributed by atoms with Gasteiger partial charge in [-0.1, -0.05) is 35.9 Å². The van der Waals surface area contributed by atoms with Crippen molar-refractivity contribution in [2.24, 2.45) is 5.73 Å². The molecule has 260 valence electrons. The molecule has 3 aromatic rings. The minimum Gasteiger partial charge on any atom is -0.490 e. The number of carbonyl (C=O) groups excluding carboxylic acids is 1. The lowest BCUT2D eigenvalue weighted by atomic mass is 9.96. The highest BCUT2D eigenvalue weighted by Gasteiger charge is 2.48. The molecule has 0 saturated heterocycles. The van der Waals surface area contributed by atoms with Crippen molar-refractivity contribution in [2.75, 3.05) is 19.7 Å². The van der Waals surface area contributed by atoms with Crippen LogP contribution in [0.2, 0.25) is 5.02 Å². The maximum atomic E-state index is 12.0. The molecular weight excluding hydrogens is 638 g/mol. The molecule has 2 aliphatic rings. The molecule has 2 amide bonds. The molecule has 1 aromatic heterocycles. The number of primary amides is 1. The van der Waals surface area contributed by atoms with E-state index in [9.17, 15) is 25.2 Å². The fraction of sp³-hybridized carbons (Fsp3) is 0.500. The van der Waals surface area contributed by atoms with Gasteiger partial charge in [0.2, 0.25) is 0 Å². The second-order valence-corrected chi connectivity index (χ2v) is 13.3. The number of hydrogen-bond acceptors (Lipinski definition) is 9. The first-order valence-corrected chi connectivity index (χ1v) is 16.9. The fourth-order valence-corrected chi connectivity index (χ4v) is 6.18. The van der Waals surface area contributed by atoms with E-state index in [0.29, 0.717) is 30.9 Å². The number of nitrogens with zero attached hydrogens (tertiary/aromatic N) is 2. The molecule has 2 aliphatic carbocycles. The predicted molar refractivity (Wildman–Crippen MR) is 180 cm³/mol. The summed E-state index contributed by atoms with van der Waals surface area (Å²) in [5, 5.41) is 49.3. The van der Waals surface area contributed by atoms with Gasteiger partial charge in [0.05, 0.1) is 31.5 Å². The number of urea groups is 1. The highest BCUT2D eigenvalue weighted by Crippen LogP contribution is 2.53. The topological polar surface area (TPSA) is 179 Å². The smallest absolute Gasteiger partial charge is 0.314 e. The van der Waals surface area contributed by atoms with Gasteiger partial charge in [-0.15, -0.1) is 0 Å². The van der Waals surface area contributed by atoms with E-state index in [4.69, 9.17) is 31.9 Å². The van der Waals surface area contributed by atoms with E-state index in [0.717, 1.165) is 64.8 Å². The third-order valence-corrected chi connectivity index (χ3v) is 9.54. The van der Waals surface area contributed by atoms with Crippen molar-refractivity contribution in [3.63, 3.8) is 0 Å². The van der Waals surface area contributed by atoms with E-state index in [1.54, 1.807) is 6.20 Å². The Hall–Kier alpha value is -3.29. The van der Waals surface area contributed by atoms with E-state index in [1.165, 1.54) is 4.90 Å². The molecule has 2 aromatic carbocycles. The Labute approximate surface area is 285 Å². The minimum absolute atomic E-state index is 0.214. The Kier molecular flexibility index (Phi) is 12.0. The van der Waals surface area contributed by atoms with Crippen LogP contribution < -0.4 is 10.5 Å². The van der Waals surface area contributed by atoms with Crippen LogP contribution in [0.3, 0.4) is 0 Å². The molecular formula is C36H46ClN3O8. The van der Waals surface area contributed by atoms with Crippen LogP contribution in [0.4, 0.5) is 4.79 Å². The van der Waals surface area contributed by atoms with Crippen LogP contribution in [0.5, 0.6) is 5.75 Å². The standard InChI is InChI=1S/C36H46ClN3O8/c1-22-16-24(29(37)17-23(22)6-4-5-15-40(35(38)46)19-30(42)33(44)34(45)31(43)20-41)21-47-36(12-13-36)28-18-39-14-11-26(28)27-7-2-3-8-32(27)48-25-9-10-25/h2-3,7-8,11,14,16-18,25,30-31,33-34,41-45H,4-6,9-10,12-13,15,19-21H2,1H3,(H2,38,46)/t30-,31+,33+,34+/m0/s1. The first-order chi connectivity index (χ1) is 23.0. The number of halogens is 1. The largest absolute Gasteiger partial charge is 0.490 e. The van der Waals surface area contributed by atoms with Gasteiger partial charge in [0.25, 0.3) is 0 Å². The van der Waals surface area contributed by atoms with Crippen LogP contribution in [0.15, 0.2) is 54.9 Å². The number of nitrogens with two attached hydrogens (primary N) is 1. The summed E-state index contributed by atoms with van der Waals surface area (Å²) in [6.07, 6.45) is 3.12. The number of para-hydroxylation sites is 1. The van der Waals surface area contributed by atoms with Crippen molar-refractivity contribution in [1.82, 2.24) is 9.88 Å². The van der Waals surface area contributed by atoms with Crippen molar-refractivity contribution in [3.05, 3.63) is 82.1 Å². The molecule has 7 N–H and O–H groups in total. The Balaban J connectivity index is 1.17. The summed E-state index contributed by atoms with van der Waals surface area (Å²) in [5.74, 6) is 0.881. The van der Waals surface area contributed by atoms with Gasteiger partial charge < -0.3 is 45.6 Å². The van der Waals surface area contributed by atoms with Gasteiger partial charge in [0, 0.05) is 35.1 Å². The van der Waals surface area contributed by atoms with Crippen molar-refractivity contribution in [1.29, 1.82) is 0 Å². The lowest BCUT2D eigenvalue weighted by Crippen LogP contribution is -2.51. The van der Waals surface area contributed by atoms with Gasteiger partial charge >= 0.3 is 6.03 Å². The van der Waals surface area contributed by atoms with Crippen molar-refractivity contribution in [3.8, 4) is 16.9 Å². The number of ether oxygens (including phenoxy) is 2. The summed E-state index contributed by atoms with van der Waals surface area (Å²) in [7, 11) is 0. The third-order valence-electron chi connectivity index (χ3n) is 9.19. The van der Waals surface area contributed by atoms with Crippen LogP contribution >= 0.6 is 11.6 Å². The molecule has 0 aliphatic heterocycles. The number of amides is 2. The number of carbonyl (C=O) groups is 1. The van der Waals surface area contributed by atoms with E-state index in [1.807, 2.05) is 43.5 Å². The number of hydrogen-bond donors (Lipinski definition) is 6. The zero-order valence-corrected chi connectivity index (χ0v) is 27.9. The Bertz CT molecular complexity index is 1550. The molecule has 48 heavy (non-hydrogen) atoms. The van der Waals surface area contributed by atoms with Crippen LogP contribution in [-0.4, -0.2) is 91.7 Å². The second kappa shape index (κ2) is 15.9. The molecule has 0 radical (unpaired) electrons. The van der Waals surface area contributed by atoms with E-state index >= 15 is 0 Å². The van der Waals surface area contributed by atoms with Gasteiger partial charge in [-0.2, -0.15) is 0 Å². The predicted octanol–water partition coefficient (Wildman–Crippen LogP) is 3.60. The second-order valence-electron chi connectivity index (χ2n) is 12.9. The molecule has 12 heteroatoms. The van der Waals surface area contributed by atoms with Gasteiger partial charge in [-0.05, 0) is 92.3 Å². The van der Waals surface area contributed by atoms with Crippen molar-refractivity contribution < 1.29 is 39.8 Å². The highest BCUT2D eigenvalue weighted by atomic mass is 35.5. The Morgan fingerprint density at radius 3 is 2.46 bits per heavy atom. The number of benzene rings is 2. The zero-order chi connectivity index (χ0) is 34.4. The first-order valence-electron chi connectivity index (χ1n) is 16.5. The maximum Gasteiger partial charge on any atom is 0.314 e. The number of aryl methyl sites for hydroxylation is 2. The van der Waals surface area contributed by atoms with Crippen LogP contribution in [0.25, 0.3) is 11.1 Å².